The molecule has 1 aromatic carbocycles. The van der Waals surface area contributed by atoms with Gasteiger partial charge in [0.15, 0.2) is 0 Å². The molecular formula is C16H19NO3. The Bertz CT molecular complexity index is 662. The molecule has 1 heterocycles. The van der Waals surface area contributed by atoms with E-state index in [0.29, 0.717) is 6.42 Å². The Balaban J connectivity index is 2.48. The molecule has 2 rings (SSSR count). The smallest absolute Gasteiger partial charge is 0.419 e. The minimum absolute atomic E-state index is 0.0668. The summed E-state index contributed by atoms with van der Waals surface area (Å²) in [6.07, 6.45) is 1.58. The summed E-state index contributed by atoms with van der Waals surface area (Å²) in [5, 5.41) is 0.911. The molecule has 0 unspecified atom stereocenters. The molecule has 0 bridgehead atoms. The predicted molar refractivity (Wildman–Crippen MR) is 78.0 cm³/mol. The van der Waals surface area contributed by atoms with Gasteiger partial charge in [0.1, 0.15) is 11.4 Å². The molecule has 2 aromatic rings. The highest BCUT2D eigenvalue weighted by Crippen LogP contribution is 2.23. The van der Waals surface area contributed by atoms with E-state index < -0.39 is 11.7 Å². The standard InChI is InChI=1S/C16H19NO3/c1-11(18)9-12-10-17(15(19)20-16(2,3)4)14-8-6-5-7-13(12)14/h5-8,10H,9H2,1-4H3. The van der Waals surface area contributed by atoms with E-state index in [9.17, 15) is 9.59 Å². The van der Waals surface area contributed by atoms with Gasteiger partial charge in [-0.2, -0.15) is 0 Å². The second kappa shape index (κ2) is 5.12. The molecule has 0 N–H and O–H groups in total. The fourth-order valence-electron chi connectivity index (χ4n) is 2.12. The summed E-state index contributed by atoms with van der Waals surface area (Å²) in [6, 6.07) is 7.52. The molecule has 0 aliphatic heterocycles. The van der Waals surface area contributed by atoms with Crippen molar-refractivity contribution in [1.82, 2.24) is 4.57 Å². The quantitative estimate of drug-likeness (QED) is 0.840. The van der Waals surface area contributed by atoms with Crippen LogP contribution in [-0.4, -0.2) is 22.0 Å². The van der Waals surface area contributed by atoms with Crippen LogP contribution >= 0.6 is 0 Å². The number of Topliss-reactive ketones (excluding diaryl/α,β-unsaturated/α-hetero) is 1. The number of para-hydroxylation sites is 1. The van der Waals surface area contributed by atoms with Gasteiger partial charge in [0.25, 0.3) is 0 Å². The van der Waals surface area contributed by atoms with E-state index in [4.69, 9.17) is 4.74 Å². The molecule has 0 amide bonds. The van der Waals surface area contributed by atoms with Gasteiger partial charge in [-0.1, -0.05) is 18.2 Å². The first-order valence-electron chi connectivity index (χ1n) is 6.60. The van der Waals surface area contributed by atoms with Crippen molar-refractivity contribution in [3.05, 3.63) is 36.0 Å². The first-order chi connectivity index (χ1) is 9.28. The number of nitrogens with zero attached hydrogens (tertiary/aromatic N) is 1. The molecule has 4 heteroatoms. The van der Waals surface area contributed by atoms with E-state index in [0.717, 1.165) is 16.5 Å². The molecule has 1 aromatic heterocycles. The van der Waals surface area contributed by atoms with Gasteiger partial charge in [0.2, 0.25) is 0 Å². The Kier molecular flexibility index (Phi) is 3.66. The molecule has 4 nitrogen and oxygen atoms in total. The van der Waals surface area contributed by atoms with Gasteiger partial charge in [-0.3, -0.25) is 9.36 Å². The summed E-state index contributed by atoms with van der Waals surface area (Å²) >= 11 is 0. The second-order valence-corrected chi connectivity index (χ2v) is 5.90. The summed E-state index contributed by atoms with van der Waals surface area (Å²) in [5.74, 6) is 0.0668. The van der Waals surface area contributed by atoms with E-state index in [1.165, 1.54) is 4.57 Å². The topological polar surface area (TPSA) is 48.3 Å². The number of aromatic nitrogens is 1. The van der Waals surface area contributed by atoms with Crippen molar-refractivity contribution < 1.29 is 14.3 Å². The predicted octanol–water partition coefficient (Wildman–Crippen LogP) is 3.56. The third-order valence-electron chi connectivity index (χ3n) is 2.82. The van der Waals surface area contributed by atoms with Crippen LogP contribution in [0.2, 0.25) is 0 Å². The van der Waals surface area contributed by atoms with Crippen LogP contribution in [0.3, 0.4) is 0 Å². The summed E-state index contributed by atoms with van der Waals surface area (Å²) in [6.45, 7) is 7.02. The maximum absolute atomic E-state index is 12.2. The maximum Gasteiger partial charge on any atom is 0.419 e. The zero-order valence-electron chi connectivity index (χ0n) is 12.3. The number of rotatable bonds is 2. The molecular weight excluding hydrogens is 254 g/mol. The number of ether oxygens (including phenoxy) is 1. The van der Waals surface area contributed by atoms with Gasteiger partial charge >= 0.3 is 6.09 Å². The van der Waals surface area contributed by atoms with Crippen molar-refractivity contribution in [2.75, 3.05) is 0 Å². The van der Waals surface area contributed by atoms with Crippen molar-refractivity contribution >= 4 is 22.8 Å². The number of carbonyl (C=O) groups excluding carboxylic acids is 2. The third-order valence-corrected chi connectivity index (χ3v) is 2.82. The lowest BCUT2D eigenvalue weighted by Crippen LogP contribution is -2.26. The number of benzene rings is 1. The zero-order chi connectivity index (χ0) is 14.9. The van der Waals surface area contributed by atoms with Gasteiger partial charge < -0.3 is 4.74 Å². The zero-order valence-corrected chi connectivity index (χ0v) is 12.3. The molecule has 0 saturated carbocycles. The van der Waals surface area contributed by atoms with Crippen LogP contribution in [-0.2, 0) is 16.0 Å². The Morgan fingerprint density at radius 1 is 1.20 bits per heavy atom. The third kappa shape index (κ3) is 3.07. The Hall–Kier alpha value is -2.10. The van der Waals surface area contributed by atoms with Gasteiger partial charge in [0.05, 0.1) is 5.52 Å². The van der Waals surface area contributed by atoms with Crippen molar-refractivity contribution in [3.8, 4) is 0 Å². The highest BCUT2D eigenvalue weighted by atomic mass is 16.6. The van der Waals surface area contributed by atoms with Crippen LogP contribution < -0.4 is 0 Å². The van der Waals surface area contributed by atoms with Crippen LogP contribution in [0.25, 0.3) is 10.9 Å². The lowest BCUT2D eigenvalue weighted by molar-refractivity contribution is -0.116. The van der Waals surface area contributed by atoms with E-state index in [-0.39, 0.29) is 5.78 Å². The molecule has 0 aliphatic carbocycles. The molecule has 0 radical (unpaired) electrons. The highest BCUT2D eigenvalue weighted by molar-refractivity contribution is 5.94. The van der Waals surface area contributed by atoms with Crippen LogP contribution in [0.1, 0.15) is 33.3 Å². The summed E-state index contributed by atoms with van der Waals surface area (Å²) < 4.78 is 6.86. The molecule has 0 aliphatic rings. The SMILES string of the molecule is CC(=O)Cc1cn(C(=O)OC(C)(C)C)c2ccccc12. The van der Waals surface area contributed by atoms with E-state index >= 15 is 0 Å². The average Bonchev–Trinajstić information content (AvgIpc) is 2.66. The Morgan fingerprint density at radius 3 is 2.45 bits per heavy atom. The fourth-order valence-corrected chi connectivity index (χ4v) is 2.12. The van der Waals surface area contributed by atoms with Crippen molar-refractivity contribution in [2.24, 2.45) is 0 Å². The van der Waals surface area contributed by atoms with Gasteiger partial charge in [-0.05, 0) is 39.3 Å². The highest BCUT2D eigenvalue weighted by Gasteiger charge is 2.20. The Morgan fingerprint density at radius 2 is 1.85 bits per heavy atom. The van der Waals surface area contributed by atoms with Crippen molar-refractivity contribution in [3.63, 3.8) is 0 Å². The van der Waals surface area contributed by atoms with Gasteiger partial charge in [-0.25, -0.2) is 4.79 Å². The minimum atomic E-state index is -0.552. The molecule has 0 fully saturated rings. The maximum atomic E-state index is 12.2. The van der Waals surface area contributed by atoms with E-state index in [1.54, 1.807) is 13.1 Å². The van der Waals surface area contributed by atoms with Crippen molar-refractivity contribution in [1.29, 1.82) is 0 Å². The monoisotopic (exact) mass is 273 g/mol. The molecule has 0 atom stereocenters. The molecule has 106 valence electrons. The number of ketones is 1. The lowest BCUT2D eigenvalue weighted by Gasteiger charge is -2.19. The largest absolute Gasteiger partial charge is 0.443 e. The normalized spacial score (nSPS) is 11.6. The molecule has 20 heavy (non-hydrogen) atoms. The van der Waals surface area contributed by atoms with Gasteiger partial charge in [-0.15, -0.1) is 0 Å². The van der Waals surface area contributed by atoms with Gasteiger partial charge in [0, 0.05) is 18.0 Å². The first-order valence-corrected chi connectivity index (χ1v) is 6.60. The molecule has 0 spiro atoms. The van der Waals surface area contributed by atoms with Crippen LogP contribution in [0.15, 0.2) is 30.5 Å². The summed E-state index contributed by atoms with van der Waals surface area (Å²) in [7, 11) is 0. The number of hydrogen-bond acceptors (Lipinski definition) is 3. The lowest BCUT2D eigenvalue weighted by atomic mass is 10.1. The number of hydrogen-bond donors (Lipinski definition) is 0. The first kappa shape index (κ1) is 14.3. The Labute approximate surface area is 118 Å². The molecule has 0 saturated heterocycles. The number of fused-ring (bicyclic) bond motifs is 1. The van der Waals surface area contributed by atoms with Crippen LogP contribution in [0.5, 0.6) is 0 Å². The summed E-state index contributed by atoms with van der Waals surface area (Å²) in [5.41, 5.74) is 1.06. The van der Waals surface area contributed by atoms with Crippen molar-refractivity contribution in [2.45, 2.75) is 39.7 Å². The van der Waals surface area contributed by atoms with Crippen LogP contribution in [0, 0.1) is 0 Å². The summed E-state index contributed by atoms with van der Waals surface area (Å²) in [4.78, 5) is 23.6. The van der Waals surface area contributed by atoms with E-state index in [2.05, 4.69) is 0 Å². The number of carbonyl (C=O) groups is 2. The average molecular weight is 273 g/mol. The van der Waals surface area contributed by atoms with E-state index in [1.807, 2.05) is 45.0 Å². The minimum Gasteiger partial charge on any atom is -0.443 e. The second-order valence-electron chi connectivity index (χ2n) is 5.90. The van der Waals surface area contributed by atoms with Crippen LogP contribution in [0.4, 0.5) is 4.79 Å². The fraction of sp³-hybridized carbons (Fsp3) is 0.375.